The van der Waals surface area contributed by atoms with Crippen molar-refractivity contribution in [1.29, 1.82) is 5.26 Å². The molecule has 38 heavy (non-hydrogen) atoms. The fourth-order valence-electron chi connectivity index (χ4n) is 4.47. The lowest BCUT2D eigenvalue weighted by Gasteiger charge is -2.14. The van der Waals surface area contributed by atoms with E-state index in [4.69, 9.17) is 23.9 Å². The number of nitrogens with zero attached hydrogens (tertiary/aromatic N) is 2. The SMILES string of the molecule is CCOC(=O)CCCCCOc1nc(-c2ccc3ccccc3c2)cc(-c2ccc3c(c2)OCO3)c1C#N. The number of aromatic nitrogens is 1. The van der Waals surface area contributed by atoms with Crippen LogP contribution in [0.3, 0.4) is 0 Å². The Balaban J connectivity index is 1.45. The van der Waals surface area contributed by atoms with Gasteiger partial charge in [0.05, 0.1) is 18.9 Å². The van der Waals surface area contributed by atoms with Crippen molar-refractivity contribution >= 4 is 16.7 Å². The maximum absolute atomic E-state index is 11.6. The third-order valence-electron chi connectivity index (χ3n) is 6.40. The summed E-state index contributed by atoms with van der Waals surface area (Å²) in [6.45, 7) is 2.75. The first-order chi connectivity index (χ1) is 18.7. The number of carbonyl (C=O) groups is 1. The van der Waals surface area contributed by atoms with Crippen molar-refractivity contribution in [3.63, 3.8) is 0 Å². The van der Waals surface area contributed by atoms with E-state index in [0.29, 0.717) is 48.0 Å². The highest BCUT2D eigenvalue weighted by molar-refractivity contribution is 5.88. The summed E-state index contributed by atoms with van der Waals surface area (Å²) < 4.78 is 22.1. The molecule has 0 saturated carbocycles. The molecule has 5 rings (SSSR count). The molecule has 2 heterocycles. The van der Waals surface area contributed by atoms with Crippen LogP contribution in [-0.4, -0.2) is 31.0 Å². The van der Waals surface area contributed by atoms with Crippen LogP contribution in [0.5, 0.6) is 17.4 Å². The molecule has 0 aliphatic carbocycles. The largest absolute Gasteiger partial charge is 0.477 e. The number of pyridine rings is 1. The van der Waals surface area contributed by atoms with E-state index in [2.05, 4.69) is 30.3 Å². The Bertz CT molecular complexity index is 1510. The number of unbranched alkanes of at least 4 members (excludes halogenated alkanes) is 2. The molecule has 192 valence electrons. The number of hydrogen-bond acceptors (Lipinski definition) is 7. The van der Waals surface area contributed by atoms with Gasteiger partial charge in [-0.25, -0.2) is 4.98 Å². The first-order valence-electron chi connectivity index (χ1n) is 12.8. The van der Waals surface area contributed by atoms with Crippen molar-refractivity contribution in [2.45, 2.75) is 32.6 Å². The van der Waals surface area contributed by atoms with Gasteiger partial charge < -0.3 is 18.9 Å². The second-order valence-electron chi connectivity index (χ2n) is 8.94. The molecule has 0 unspecified atom stereocenters. The van der Waals surface area contributed by atoms with Gasteiger partial charge in [-0.3, -0.25) is 4.79 Å². The van der Waals surface area contributed by atoms with Gasteiger partial charge in [0.25, 0.3) is 0 Å². The number of hydrogen-bond donors (Lipinski definition) is 0. The Morgan fingerprint density at radius 1 is 0.947 bits per heavy atom. The van der Waals surface area contributed by atoms with Gasteiger partial charge in [0.15, 0.2) is 11.5 Å². The van der Waals surface area contributed by atoms with E-state index >= 15 is 0 Å². The topological polar surface area (TPSA) is 90.7 Å². The molecule has 1 aromatic heterocycles. The van der Waals surface area contributed by atoms with E-state index in [0.717, 1.165) is 41.2 Å². The van der Waals surface area contributed by atoms with Crippen LogP contribution < -0.4 is 14.2 Å². The average Bonchev–Trinajstić information content (AvgIpc) is 3.42. The third-order valence-corrected chi connectivity index (χ3v) is 6.40. The Kier molecular flexibility index (Phi) is 7.70. The van der Waals surface area contributed by atoms with Crippen molar-refractivity contribution in [1.82, 2.24) is 4.98 Å². The summed E-state index contributed by atoms with van der Waals surface area (Å²) in [5.74, 6) is 1.42. The number of rotatable bonds is 10. The molecule has 1 aliphatic rings. The van der Waals surface area contributed by atoms with E-state index in [-0.39, 0.29) is 18.6 Å². The number of benzene rings is 3. The second kappa shape index (κ2) is 11.7. The van der Waals surface area contributed by atoms with Crippen LogP contribution in [0.25, 0.3) is 33.2 Å². The maximum atomic E-state index is 11.6. The molecular formula is C31H28N2O5. The van der Waals surface area contributed by atoms with Crippen molar-refractivity contribution < 1.29 is 23.7 Å². The summed E-state index contributed by atoms with van der Waals surface area (Å²) in [5.41, 5.74) is 3.52. The van der Waals surface area contributed by atoms with E-state index in [9.17, 15) is 10.1 Å². The van der Waals surface area contributed by atoms with Crippen LogP contribution in [-0.2, 0) is 9.53 Å². The quantitative estimate of drug-likeness (QED) is 0.174. The van der Waals surface area contributed by atoms with Gasteiger partial charge in [0.1, 0.15) is 11.6 Å². The van der Waals surface area contributed by atoms with Gasteiger partial charge in [0, 0.05) is 17.5 Å². The molecule has 0 spiro atoms. The van der Waals surface area contributed by atoms with Gasteiger partial charge in [0.2, 0.25) is 12.7 Å². The van der Waals surface area contributed by atoms with Crippen LogP contribution in [0.1, 0.15) is 38.2 Å². The van der Waals surface area contributed by atoms with Crippen LogP contribution in [0.2, 0.25) is 0 Å². The summed E-state index contributed by atoms with van der Waals surface area (Å²) >= 11 is 0. The Hall–Kier alpha value is -4.57. The standard InChI is InChI=1S/C31H28N2O5/c1-2-35-30(34)10-4-3-7-15-36-31-26(19-32)25(23-13-14-28-29(17-23)38-20-37-28)18-27(33-31)24-12-11-21-8-5-6-9-22(21)16-24/h5-6,8-9,11-14,16-18H,2-4,7,10,15,20H2,1H3. The normalized spacial score (nSPS) is 11.8. The van der Waals surface area contributed by atoms with Crippen LogP contribution >= 0.6 is 0 Å². The highest BCUT2D eigenvalue weighted by Gasteiger charge is 2.20. The zero-order valence-electron chi connectivity index (χ0n) is 21.2. The van der Waals surface area contributed by atoms with Crippen molar-refractivity contribution in [2.75, 3.05) is 20.0 Å². The number of carbonyl (C=O) groups excluding carboxylic acids is 1. The van der Waals surface area contributed by atoms with Crippen molar-refractivity contribution in [2.24, 2.45) is 0 Å². The molecule has 1 aliphatic heterocycles. The van der Waals surface area contributed by atoms with Gasteiger partial charge in [-0.1, -0.05) is 42.5 Å². The predicted molar refractivity (Wildman–Crippen MR) is 144 cm³/mol. The second-order valence-corrected chi connectivity index (χ2v) is 8.94. The number of ether oxygens (including phenoxy) is 4. The summed E-state index contributed by atoms with van der Waals surface area (Å²) in [7, 11) is 0. The minimum absolute atomic E-state index is 0.174. The highest BCUT2D eigenvalue weighted by Crippen LogP contribution is 2.39. The summed E-state index contributed by atoms with van der Waals surface area (Å²) in [6.07, 6.45) is 2.65. The molecule has 0 atom stereocenters. The minimum Gasteiger partial charge on any atom is -0.477 e. The number of fused-ring (bicyclic) bond motifs is 2. The smallest absolute Gasteiger partial charge is 0.305 e. The molecule has 0 amide bonds. The van der Waals surface area contributed by atoms with Gasteiger partial charge in [-0.15, -0.1) is 0 Å². The zero-order chi connectivity index (χ0) is 26.3. The molecule has 7 heteroatoms. The van der Waals surface area contributed by atoms with E-state index in [1.807, 2.05) is 42.5 Å². The van der Waals surface area contributed by atoms with Crippen molar-refractivity contribution in [3.8, 4) is 45.8 Å². The molecule has 0 N–H and O–H groups in total. The Morgan fingerprint density at radius 3 is 2.61 bits per heavy atom. The molecule has 4 aromatic rings. The molecule has 7 nitrogen and oxygen atoms in total. The van der Waals surface area contributed by atoms with E-state index in [1.54, 1.807) is 6.92 Å². The maximum Gasteiger partial charge on any atom is 0.305 e. The lowest BCUT2D eigenvalue weighted by atomic mass is 9.97. The van der Waals surface area contributed by atoms with Crippen LogP contribution in [0.4, 0.5) is 0 Å². The van der Waals surface area contributed by atoms with E-state index < -0.39 is 0 Å². The fourth-order valence-corrected chi connectivity index (χ4v) is 4.47. The Morgan fingerprint density at radius 2 is 1.76 bits per heavy atom. The zero-order valence-corrected chi connectivity index (χ0v) is 21.2. The fraction of sp³-hybridized carbons (Fsp3) is 0.258. The van der Waals surface area contributed by atoms with Gasteiger partial charge >= 0.3 is 5.97 Å². The van der Waals surface area contributed by atoms with E-state index in [1.165, 1.54) is 0 Å². The molecule has 0 radical (unpaired) electrons. The molecule has 3 aromatic carbocycles. The summed E-state index contributed by atoms with van der Waals surface area (Å²) in [6, 6.07) is 24.2. The predicted octanol–water partition coefficient (Wildman–Crippen LogP) is 6.67. The lowest BCUT2D eigenvalue weighted by Crippen LogP contribution is -2.05. The van der Waals surface area contributed by atoms with Crippen LogP contribution in [0, 0.1) is 11.3 Å². The molecular weight excluding hydrogens is 480 g/mol. The Labute approximate surface area is 221 Å². The number of esters is 1. The van der Waals surface area contributed by atoms with Gasteiger partial charge in [-0.05, 0) is 66.8 Å². The molecule has 0 bridgehead atoms. The van der Waals surface area contributed by atoms with Crippen LogP contribution in [0.15, 0.2) is 66.7 Å². The van der Waals surface area contributed by atoms with Crippen molar-refractivity contribution in [3.05, 3.63) is 72.3 Å². The minimum atomic E-state index is -0.182. The average molecular weight is 509 g/mol. The highest BCUT2D eigenvalue weighted by atomic mass is 16.7. The molecule has 0 fully saturated rings. The number of nitriles is 1. The summed E-state index contributed by atoms with van der Waals surface area (Å²) in [4.78, 5) is 16.3. The monoisotopic (exact) mass is 508 g/mol. The molecule has 0 saturated heterocycles. The first-order valence-corrected chi connectivity index (χ1v) is 12.8. The first kappa shape index (κ1) is 25.1. The lowest BCUT2D eigenvalue weighted by molar-refractivity contribution is -0.143. The summed E-state index contributed by atoms with van der Waals surface area (Å²) in [5, 5.41) is 12.4. The third kappa shape index (κ3) is 5.55. The van der Waals surface area contributed by atoms with Gasteiger partial charge in [-0.2, -0.15) is 5.26 Å².